The number of amides is 1. The molecule has 27 heavy (non-hydrogen) atoms. The van der Waals surface area contributed by atoms with Crippen LogP contribution in [0.15, 0.2) is 42.1 Å². The van der Waals surface area contributed by atoms with Gasteiger partial charge in [0.25, 0.3) is 5.91 Å². The highest BCUT2D eigenvalue weighted by Crippen LogP contribution is 2.21. The van der Waals surface area contributed by atoms with E-state index in [4.69, 9.17) is 0 Å². The molecule has 4 nitrogen and oxygen atoms in total. The van der Waals surface area contributed by atoms with E-state index in [1.54, 1.807) is 6.07 Å². The Kier molecular flexibility index (Phi) is 6.11. The lowest BCUT2D eigenvalue weighted by molar-refractivity contribution is 0.102. The molecule has 0 radical (unpaired) electrons. The van der Waals surface area contributed by atoms with E-state index in [1.165, 1.54) is 30.7 Å². The number of allylic oxidation sites excluding steroid dienone is 1. The molecule has 7 heteroatoms. The van der Waals surface area contributed by atoms with Gasteiger partial charge >= 0.3 is 0 Å². The van der Waals surface area contributed by atoms with Gasteiger partial charge in [0.05, 0.1) is 17.6 Å². The molecule has 3 rings (SSSR count). The fraction of sp³-hybridized carbons (Fsp3) is 0.300. The largest absolute Gasteiger partial charge is 0.383 e. The summed E-state index contributed by atoms with van der Waals surface area (Å²) in [4.78, 5) is 16.1. The minimum absolute atomic E-state index is 0.0414. The molecule has 0 saturated heterocycles. The van der Waals surface area contributed by atoms with Crippen molar-refractivity contribution >= 4 is 17.3 Å². The molecule has 0 bridgehead atoms. The van der Waals surface area contributed by atoms with Crippen molar-refractivity contribution in [2.45, 2.75) is 32.1 Å². The van der Waals surface area contributed by atoms with Gasteiger partial charge in [0.2, 0.25) is 0 Å². The molecular formula is C20H20F3N3O. The van der Waals surface area contributed by atoms with Crippen LogP contribution in [0, 0.1) is 17.5 Å². The quantitative estimate of drug-likeness (QED) is 0.548. The highest BCUT2D eigenvalue weighted by atomic mass is 19.2. The zero-order valence-electron chi connectivity index (χ0n) is 14.7. The maximum absolute atomic E-state index is 13.6. The summed E-state index contributed by atoms with van der Waals surface area (Å²) in [5.74, 6) is -5.10. The van der Waals surface area contributed by atoms with Gasteiger partial charge in [-0.05, 0) is 56.4 Å². The van der Waals surface area contributed by atoms with E-state index < -0.39 is 29.0 Å². The molecule has 0 spiro atoms. The minimum Gasteiger partial charge on any atom is -0.383 e. The van der Waals surface area contributed by atoms with E-state index in [2.05, 4.69) is 21.7 Å². The number of carbonyl (C=O) groups excluding carboxylic acids is 1. The number of carbonyl (C=O) groups is 1. The van der Waals surface area contributed by atoms with Crippen LogP contribution in [-0.2, 0) is 0 Å². The Bertz CT molecular complexity index is 850. The van der Waals surface area contributed by atoms with Crippen LogP contribution in [0.25, 0.3) is 0 Å². The van der Waals surface area contributed by atoms with Crippen LogP contribution in [-0.4, -0.2) is 17.4 Å². The number of aromatic nitrogens is 1. The molecule has 0 aliphatic heterocycles. The topological polar surface area (TPSA) is 54.0 Å². The summed E-state index contributed by atoms with van der Waals surface area (Å²) in [6.45, 7) is 0.777. The standard InChI is InChI=1S/C20H20F3N3O/c21-15-7-9-16(19(23)18(15)22)26-20(27)17-8-6-14(12-25-17)24-11-10-13-4-2-1-3-5-13/h4,6-9,12,24H,1-3,5,10-11H2,(H,26,27). The molecule has 142 valence electrons. The first kappa shape index (κ1) is 18.9. The van der Waals surface area contributed by atoms with Gasteiger partial charge in [0.1, 0.15) is 5.69 Å². The number of rotatable bonds is 6. The average molecular weight is 375 g/mol. The summed E-state index contributed by atoms with van der Waals surface area (Å²) in [5, 5.41) is 5.43. The van der Waals surface area contributed by atoms with Crippen molar-refractivity contribution in [3.8, 4) is 0 Å². The van der Waals surface area contributed by atoms with Gasteiger partial charge in [0, 0.05) is 6.54 Å². The number of hydrogen-bond donors (Lipinski definition) is 2. The molecule has 0 unspecified atom stereocenters. The van der Waals surface area contributed by atoms with Gasteiger partial charge < -0.3 is 10.6 Å². The van der Waals surface area contributed by atoms with Gasteiger partial charge in [-0.15, -0.1) is 0 Å². The predicted octanol–water partition coefficient (Wildman–Crippen LogP) is 5.05. The monoisotopic (exact) mass is 375 g/mol. The number of nitrogens with one attached hydrogen (secondary N) is 2. The Morgan fingerprint density at radius 2 is 1.93 bits per heavy atom. The van der Waals surface area contributed by atoms with Crippen molar-refractivity contribution in [1.82, 2.24) is 4.98 Å². The highest BCUT2D eigenvalue weighted by molar-refractivity contribution is 6.03. The van der Waals surface area contributed by atoms with Crippen LogP contribution >= 0.6 is 0 Å². The van der Waals surface area contributed by atoms with Crippen molar-refractivity contribution in [2.24, 2.45) is 0 Å². The van der Waals surface area contributed by atoms with Crippen LogP contribution in [0.4, 0.5) is 24.5 Å². The smallest absolute Gasteiger partial charge is 0.274 e. The third-order valence-electron chi connectivity index (χ3n) is 4.44. The van der Waals surface area contributed by atoms with Crippen molar-refractivity contribution in [1.29, 1.82) is 0 Å². The Labute approximate surface area is 155 Å². The van der Waals surface area contributed by atoms with Crippen molar-refractivity contribution < 1.29 is 18.0 Å². The number of hydrogen-bond acceptors (Lipinski definition) is 3. The number of pyridine rings is 1. The molecule has 0 atom stereocenters. The molecule has 1 heterocycles. The number of anilines is 2. The zero-order chi connectivity index (χ0) is 19.2. The maximum Gasteiger partial charge on any atom is 0.274 e. The van der Waals surface area contributed by atoms with E-state index in [1.807, 2.05) is 0 Å². The third-order valence-corrected chi connectivity index (χ3v) is 4.44. The van der Waals surface area contributed by atoms with Crippen LogP contribution in [0.5, 0.6) is 0 Å². The summed E-state index contributed by atoms with van der Waals surface area (Å²) < 4.78 is 39.8. The Morgan fingerprint density at radius 3 is 2.63 bits per heavy atom. The van der Waals surface area contributed by atoms with Gasteiger partial charge in [-0.2, -0.15) is 0 Å². The Morgan fingerprint density at radius 1 is 1.07 bits per heavy atom. The van der Waals surface area contributed by atoms with Gasteiger partial charge in [0.15, 0.2) is 17.5 Å². The molecule has 2 aromatic rings. The lowest BCUT2D eigenvalue weighted by Gasteiger charge is -2.13. The van der Waals surface area contributed by atoms with Crippen LogP contribution in [0.1, 0.15) is 42.6 Å². The summed E-state index contributed by atoms with van der Waals surface area (Å²) in [5.41, 5.74) is 1.83. The normalized spacial score (nSPS) is 13.8. The maximum atomic E-state index is 13.6. The molecule has 2 N–H and O–H groups in total. The fourth-order valence-electron chi connectivity index (χ4n) is 2.94. The van der Waals surface area contributed by atoms with Gasteiger partial charge in [-0.25, -0.2) is 18.2 Å². The second kappa shape index (κ2) is 8.70. The van der Waals surface area contributed by atoms with Crippen LogP contribution in [0.2, 0.25) is 0 Å². The number of nitrogens with zero attached hydrogens (tertiary/aromatic N) is 1. The molecule has 1 amide bonds. The molecule has 1 aromatic heterocycles. The zero-order valence-corrected chi connectivity index (χ0v) is 14.7. The first-order valence-corrected chi connectivity index (χ1v) is 8.87. The third kappa shape index (κ3) is 4.87. The van der Waals surface area contributed by atoms with Crippen molar-refractivity contribution in [2.75, 3.05) is 17.2 Å². The van der Waals surface area contributed by atoms with E-state index in [0.717, 1.165) is 43.6 Å². The molecule has 0 fully saturated rings. The minimum atomic E-state index is -1.63. The second-order valence-corrected chi connectivity index (χ2v) is 6.39. The summed E-state index contributed by atoms with van der Waals surface area (Å²) in [6.07, 6.45) is 9.59. The first-order valence-electron chi connectivity index (χ1n) is 8.87. The van der Waals surface area contributed by atoms with E-state index >= 15 is 0 Å². The Balaban J connectivity index is 1.55. The SMILES string of the molecule is O=C(Nc1ccc(F)c(F)c1F)c1ccc(NCCC2=CCCCC2)cn1. The fourth-order valence-corrected chi connectivity index (χ4v) is 2.94. The summed E-state index contributed by atoms with van der Waals surface area (Å²) in [6, 6.07) is 4.88. The summed E-state index contributed by atoms with van der Waals surface area (Å²) in [7, 11) is 0. The molecule has 0 saturated carbocycles. The summed E-state index contributed by atoms with van der Waals surface area (Å²) >= 11 is 0. The van der Waals surface area contributed by atoms with E-state index in [0.29, 0.717) is 0 Å². The van der Waals surface area contributed by atoms with Gasteiger partial charge in [-0.3, -0.25) is 4.79 Å². The average Bonchev–Trinajstić information content (AvgIpc) is 2.70. The van der Waals surface area contributed by atoms with Gasteiger partial charge in [-0.1, -0.05) is 11.6 Å². The van der Waals surface area contributed by atoms with Crippen molar-refractivity contribution in [3.05, 3.63) is 65.3 Å². The lowest BCUT2D eigenvalue weighted by atomic mass is 9.97. The number of halogens is 3. The molecule has 1 aromatic carbocycles. The van der Waals surface area contributed by atoms with Crippen LogP contribution in [0.3, 0.4) is 0 Å². The molecule has 1 aliphatic carbocycles. The van der Waals surface area contributed by atoms with Crippen molar-refractivity contribution in [3.63, 3.8) is 0 Å². The molecular weight excluding hydrogens is 355 g/mol. The second-order valence-electron chi connectivity index (χ2n) is 6.39. The number of benzene rings is 1. The molecule has 1 aliphatic rings. The Hall–Kier alpha value is -2.83. The van der Waals surface area contributed by atoms with Crippen LogP contribution < -0.4 is 10.6 Å². The van der Waals surface area contributed by atoms with E-state index in [9.17, 15) is 18.0 Å². The predicted molar refractivity (Wildman–Crippen MR) is 98.2 cm³/mol. The lowest BCUT2D eigenvalue weighted by Crippen LogP contribution is -2.15. The van der Waals surface area contributed by atoms with E-state index in [-0.39, 0.29) is 5.69 Å². The first-order chi connectivity index (χ1) is 13.0. The highest BCUT2D eigenvalue weighted by Gasteiger charge is 2.16.